The zero-order chi connectivity index (χ0) is 15.0. The van der Waals surface area contributed by atoms with Gasteiger partial charge in [0.15, 0.2) is 0 Å². The molecule has 2 unspecified atom stereocenters. The molecule has 0 saturated carbocycles. The Morgan fingerprint density at radius 1 is 1.25 bits per heavy atom. The summed E-state index contributed by atoms with van der Waals surface area (Å²) in [7, 11) is 0. The highest BCUT2D eigenvalue weighted by atomic mass is 16.3. The zero-order valence-electron chi connectivity index (χ0n) is 12.4. The van der Waals surface area contributed by atoms with E-state index in [0.717, 1.165) is 25.7 Å². The van der Waals surface area contributed by atoms with Gasteiger partial charge in [-0.25, -0.2) is 0 Å². The number of hydrogen-bond acceptors (Lipinski definition) is 3. The minimum Gasteiger partial charge on any atom is -0.508 e. The number of hydrogen-bond donors (Lipinski definition) is 3. The molecule has 0 aliphatic rings. The molecule has 0 heterocycles. The smallest absolute Gasteiger partial charge is 0.223 e. The molecular formula is C16H26N2O2. The molecule has 4 N–H and O–H groups in total. The standard InChI is InChI=1S/C16H26N2O2/c1-12(4-3-11-17)16(20)18-13(2)5-6-14-7-9-15(19)10-8-14/h7-10,12-13,19H,3-6,11,17H2,1-2H3,(H,18,20). The van der Waals surface area contributed by atoms with Gasteiger partial charge in [-0.1, -0.05) is 19.1 Å². The first-order valence-corrected chi connectivity index (χ1v) is 7.31. The van der Waals surface area contributed by atoms with Gasteiger partial charge in [0.1, 0.15) is 5.75 Å². The fourth-order valence-corrected chi connectivity index (χ4v) is 2.06. The predicted molar refractivity (Wildman–Crippen MR) is 81.5 cm³/mol. The van der Waals surface area contributed by atoms with Gasteiger partial charge in [-0.15, -0.1) is 0 Å². The Morgan fingerprint density at radius 3 is 2.50 bits per heavy atom. The summed E-state index contributed by atoms with van der Waals surface area (Å²) in [5.41, 5.74) is 6.62. The molecule has 0 aliphatic heterocycles. The highest BCUT2D eigenvalue weighted by molar-refractivity contribution is 5.78. The van der Waals surface area contributed by atoms with E-state index >= 15 is 0 Å². The number of phenols is 1. The summed E-state index contributed by atoms with van der Waals surface area (Å²) < 4.78 is 0. The zero-order valence-corrected chi connectivity index (χ0v) is 12.4. The number of phenolic OH excluding ortho intramolecular Hbond substituents is 1. The van der Waals surface area contributed by atoms with E-state index < -0.39 is 0 Å². The second-order valence-corrected chi connectivity index (χ2v) is 5.45. The van der Waals surface area contributed by atoms with Crippen LogP contribution in [0.25, 0.3) is 0 Å². The van der Waals surface area contributed by atoms with Gasteiger partial charge >= 0.3 is 0 Å². The van der Waals surface area contributed by atoms with Gasteiger partial charge in [-0.3, -0.25) is 4.79 Å². The fraction of sp³-hybridized carbons (Fsp3) is 0.562. The van der Waals surface area contributed by atoms with Gasteiger partial charge in [-0.05, 0) is 56.8 Å². The van der Waals surface area contributed by atoms with Crippen molar-refractivity contribution < 1.29 is 9.90 Å². The van der Waals surface area contributed by atoms with E-state index in [1.165, 1.54) is 5.56 Å². The van der Waals surface area contributed by atoms with E-state index in [9.17, 15) is 9.90 Å². The predicted octanol–water partition coefficient (Wildman–Crippen LogP) is 2.20. The Balaban J connectivity index is 2.30. The van der Waals surface area contributed by atoms with Crippen LogP contribution in [0, 0.1) is 5.92 Å². The lowest BCUT2D eigenvalue weighted by molar-refractivity contribution is -0.125. The van der Waals surface area contributed by atoms with Crippen molar-refractivity contribution in [3.8, 4) is 5.75 Å². The van der Waals surface area contributed by atoms with Crippen LogP contribution in [0.5, 0.6) is 5.75 Å². The number of nitrogens with two attached hydrogens (primary N) is 1. The van der Waals surface area contributed by atoms with Crippen molar-refractivity contribution in [1.29, 1.82) is 0 Å². The molecule has 4 heteroatoms. The summed E-state index contributed by atoms with van der Waals surface area (Å²) in [4.78, 5) is 11.9. The monoisotopic (exact) mass is 278 g/mol. The molecule has 1 aromatic rings. The summed E-state index contributed by atoms with van der Waals surface area (Å²) in [5.74, 6) is 0.412. The van der Waals surface area contributed by atoms with Crippen LogP contribution in [0.2, 0.25) is 0 Å². The average Bonchev–Trinajstić information content (AvgIpc) is 2.44. The first kappa shape index (κ1) is 16.5. The number of aromatic hydroxyl groups is 1. The van der Waals surface area contributed by atoms with Crippen molar-refractivity contribution in [2.24, 2.45) is 11.7 Å². The normalized spacial score (nSPS) is 13.8. The summed E-state index contributed by atoms with van der Waals surface area (Å²) in [5, 5.41) is 12.3. The number of aryl methyl sites for hydroxylation is 1. The maximum atomic E-state index is 11.9. The minimum absolute atomic E-state index is 0.0228. The lowest BCUT2D eigenvalue weighted by atomic mass is 10.0. The molecule has 0 fully saturated rings. The summed E-state index contributed by atoms with van der Waals surface area (Å²) in [6, 6.07) is 7.35. The first-order valence-electron chi connectivity index (χ1n) is 7.31. The topological polar surface area (TPSA) is 75.3 Å². The van der Waals surface area contributed by atoms with Gasteiger partial charge in [-0.2, -0.15) is 0 Å². The number of carbonyl (C=O) groups is 1. The van der Waals surface area contributed by atoms with Gasteiger partial charge in [0.2, 0.25) is 5.91 Å². The number of benzene rings is 1. The average molecular weight is 278 g/mol. The third-order valence-corrected chi connectivity index (χ3v) is 3.48. The largest absolute Gasteiger partial charge is 0.508 e. The van der Waals surface area contributed by atoms with E-state index in [-0.39, 0.29) is 23.6 Å². The Bertz CT molecular complexity index is 403. The maximum Gasteiger partial charge on any atom is 0.223 e. The quantitative estimate of drug-likeness (QED) is 0.682. The first-order chi connectivity index (χ1) is 9.52. The van der Waals surface area contributed by atoms with Crippen molar-refractivity contribution >= 4 is 5.91 Å². The molecule has 0 saturated heterocycles. The fourth-order valence-electron chi connectivity index (χ4n) is 2.06. The molecule has 0 aliphatic carbocycles. The molecule has 2 atom stereocenters. The lowest BCUT2D eigenvalue weighted by Crippen LogP contribution is -2.36. The van der Waals surface area contributed by atoms with Crippen LogP contribution in [0.3, 0.4) is 0 Å². The van der Waals surface area contributed by atoms with Gasteiger partial charge in [0.25, 0.3) is 0 Å². The van der Waals surface area contributed by atoms with Crippen LogP contribution < -0.4 is 11.1 Å². The molecule has 0 radical (unpaired) electrons. The number of rotatable bonds is 8. The van der Waals surface area contributed by atoms with E-state index in [1.54, 1.807) is 12.1 Å². The van der Waals surface area contributed by atoms with Gasteiger partial charge in [0.05, 0.1) is 0 Å². The maximum absolute atomic E-state index is 11.9. The Hall–Kier alpha value is -1.55. The Kier molecular flexibility index (Phi) is 7.09. The van der Waals surface area contributed by atoms with E-state index in [0.29, 0.717) is 6.54 Å². The van der Waals surface area contributed by atoms with Crippen molar-refractivity contribution in [3.05, 3.63) is 29.8 Å². The van der Waals surface area contributed by atoms with Crippen LogP contribution in [-0.4, -0.2) is 23.6 Å². The second-order valence-electron chi connectivity index (χ2n) is 5.45. The molecule has 1 aromatic carbocycles. The van der Waals surface area contributed by atoms with Crippen LogP contribution >= 0.6 is 0 Å². The molecule has 0 aromatic heterocycles. The highest BCUT2D eigenvalue weighted by Crippen LogP contribution is 2.12. The Labute approximate surface area is 121 Å². The summed E-state index contributed by atoms with van der Waals surface area (Å²) in [6.07, 6.45) is 3.50. The van der Waals surface area contributed by atoms with Crippen molar-refractivity contribution in [1.82, 2.24) is 5.32 Å². The number of nitrogens with one attached hydrogen (secondary N) is 1. The second kappa shape index (κ2) is 8.59. The SMILES string of the molecule is CC(CCc1ccc(O)cc1)NC(=O)C(C)CCCN. The molecule has 20 heavy (non-hydrogen) atoms. The summed E-state index contributed by atoms with van der Waals surface area (Å²) in [6.45, 7) is 4.60. The van der Waals surface area contributed by atoms with Crippen LogP contribution in [0.4, 0.5) is 0 Å². The minimum atomic E-state index is 0.0228. The van der Waals surface area contributed by atoms with E-state index in [1.807, 2.05) is 26.0 Å². The molecule has 4 nitrogen and oxygen atoms in total. The van der Waals surface area contributed by atoms with E-state index in [2.05, 4.69) is 5.32 Å². The highest BCUT2D eigenvalue weighted by Gasteiger charge is 2.14. The third-order valence-electron chi connectivity index (χ3n) is 3.48. The number of carbonyl (C=O) groups excluding carboxylic acids is 1. The van der Waals surface area contributed by atoms with Gasteiger partial charge in [0, 0.05) is 12.0 Å². The summed E-state index contributed by atoms with van der Waals surface area (Å²) >= 11 is 0. The number of amides is 1. The molecule has 1 amide bonds. The van der Waals surface area contributed by atoms with Crippen molar-refractivity contribution in [2.45, 2.75) is 45.6 Å². The molecule has 0 bridgehead atoms. The molecule has 0 spiro atoms. The molecular weight excluding hydrogens is 252 g/mol. The van der Waals surface area contributed by atoms with Crippen LogP contribution in [0.15, 0.2) is 24.3 Å². The van der Waals surface area contributed by atoms with Crippen molar-refractivity contribution in [2.75, 3.05) is 6.54 Å². The van der Waals surface area contributed by atoms with Crippen LogP contribution in [0.1, 0.15) is 38.7 Å². The molecule has 1 rings (SSSR count). The third kappa shape index (κ3) is 6.06. The Morgan fingerprint density at radius 2 is 1.90 bits per heavy atom. The van der Waals surface area contributed by atoms with Crippen molar-refractivity contribution in [3.63, 3.8) is 0 Å². The van der Waals surface area contributed by atoms with E-state index in [4.69, 9.17) is 5.73 Å². The van der Waals surface area contributed by atoms with Crippen LogP contribution in [-0.2, 0) is 11.2 Å². The van der Waals surface area contributed by atoms with Gasteiger partial charge < -0.3 is 16.2 Å². The molecule has 112 valence electrons. The lowest BCUT2D eigenvalue weighted by Gasteiger charge is -2.17.